The minimum Gasteiger partial charge on any atom is -0.508 e. The molecule has 0 saturated carbocycles. The summed E-state index contributed by atoms with van der Waals surface area (Å²) < 4.78 is 5.07. The van der Waals surface area contributed by atoms with Crippen LogP contribution in [0.1, 0.15) is 78.9 Å². The Morgan fingerprint density at radius 2 is 1.63 bits per heavy atom. The normalized spacial score (nSPS) is 9.37. The van der Waals surface area contributed by atoms with Crippen LogP contribution in [0.3, 0.4) is 0 Å². The van der Waals surface area contributed by atoms with Crippen LogP contribution >= 0.6 is 0 Å². The number of hydrogen-bond donors (Lipinski definition) is 4. The molecule has 0 aliphatic rings. The van der Waals surface area contributed by atoms with Crippen molar-refractivity contribution < 1.29 is 24.5 Å². The molecule has 0 aliphatic heterocycles. The summed E-state index contributed by atoms with van der Waals surface area (Å²) in [6.45, 7) is 16.6. The lowest BCUT2D eigenvalue weighted by Gasteiger charge is -2.19. The van der Waals surface area contributed by atoms with E-state index in [1.165, 1.54) is 0 Å². The van der Waals surface area contributed by atoms with Gasteiger partial charge in [0, 0.05) is 18.7 Å². The second-order valence-electron chi connectivity index (χ2n) is 6.85. The number of carbonyl (C=O) groups is 2. The lowest BCUT2D eigenvalue weighted by molar-refractivity contribution is -0.109. The molecular weight excluding hydrogens is 384 g/mol. The minimum atomic E-state index is -0.446. The summed E-state index contributed by atoms with van der Waals surface area (Å²) in [5.74, 6) is 0.160. The zero-order valence-electron chi connectivity index (χ0n) is 20.2. The standard InChI is InChI=1S/C11H22N2O3.C8H10O2.2C2H6/c1-11(2,3)16-10(15)13-8-6-4-5-7-12-9-14;1-6-2-3-8(10)7(4-6)5-9;2*1-2/h9H,4-8H2,1-3H3,(H,12,14)(H,13,15);2-4,9-10H,5H2,1H3;2*1-2H3. The van der Waals surface area contributed by atoms with Crippen molar-refractivity contribution in [3.05, 3.63) is 29.3 Å². The second-order valence-corrected chi connectivity index (χ2v) is 6.85. The lowest BCUT2D eigenvalue weighted by Crippen LogP contribution is -2.33. The molecule has 30 heavy (non-hydrogen) atoms. The van der Waals surface area contributed by atoms with Gasteiger partial charge in [-0.25, -0.2) is 4.79 Å². The zero-order valence-corrected chi connectivity index (χ0v) is 20.2. The number of aryl methyl sites for hydroxylation is 1. The van der Waals surface area contributed by atoms with Crippen LogP contribution < -0.4 is 10.6 Å². The highest BCUT2D eigenvalue weighted by atomic mass is 16.6. The number of aliphatic hydroxyl groups excluding tert-OH is 1. The first-order valence-corrected chi connectivity index (χ1v) is 10.7. The van der Waals surface area contributed by atoms with E-state index >= 15 is 0 Å². The fraction of sp³-hybridized carbons (Fsp3) is 0.652. The van der Waals surface area contributed by atoms with E-state index in [2.05, 4.69) is 10.6 Å². The number of carbonyl (C=O) groups excluding carboxylic acids is 2. The Balaban J connectivity index is -0.000000444. The summed E-state index contributed by atoms with van der Waals surface area (Å²) in [5.41, 5.74) is 1.18. The second kappa shape index (κ2) is 21.4. The molecule has 0 atom stereocenters. The van der Waals surface area contributed by atoms with Gasteiger partial charge in [0.15, 0.2) is 0 Å². The monoisotopic (exact) mass is 428 g/mol. The van der Waals surface area contributed by atoms with E-state index < -0.39 is 5.60 Å². The molecule has 7 heteroatoms. The van der Waals surface area contributed by atoms with Crippen molar-refractivity contribution in [1.29, 1.82) is 0 Å². The molecule has 1 aromatic carbocycles. The third-order valence-corrected chi connectivity index (χ3v) is 3.15. The molecule has 1 aromatic rings. The van der Waals surface area contributed by atoms with Crippen LogP contribution in [0.4, 0.5) is 4.79 Å². The van der Waals surface area contributed by atoms with Gasteiger partial charge in [-0.15, -0.1) is 0 Å². The Labute approximate surface area is 183 Å². The summed E-state index contributed by atoms with van der Waals surface area (Å²) in [4.78, 5) is 21.1. The maximum atomic E-state index is 11.2. The molecule has 0 unspecified atom stereocenters. The maximum Gasteiger partial charge on any atom is 0.407 e. The van der Waals surface area contributed by atoms with Crippen molar-refractivity contribution in [3.8, 4) is 5.75 Å². The number of hydrogen-bond acceptors (Lipinski definition) is 5. The first-order valence-electron chi connectivity index (χ1n) is 10.7. The molecule has 0 bridgehead atoms. The maximum absolute atomic E-state index is 11.2. The van der Waals surface area contributed by atoms with Gasteiger partial charge in [0.2, 0.25) is 6.41 Å². The van der Waals surface area contributed by atoms with Gasteiger partial charge in [0.1, 0.15) is 11.4 Å². The summed E-state index contributed by atoms with van der Waals surface area (Å²) >= 11 is 0. The average Bonchev–Trinajstić information content (AvgIpc) is 2.71. The van der Waals surface area contributed by atoms with Gasteiger partial charge in [-0.2, -0.15) is 0 Å². The van der Waals surface area contributed by atoms with Crippen LogP contribution in [-0.2, 0) is 16.1 Å². The summed E-state index contributed by atoms with van der Waals surface area (Å²) in [7, 11) is 0. The number of ether oxygens (including phenoxy) is 1. The van der Waals surface area contributed by atoms with Crippen LogP contribution in [0.5, 0.6) is 5.75 Å². The summed E-state index contributed by atoms with van der Waals surface area (Å²) in [6, 6.07) is 5.14. The highest BCUT2D eigenvalue weighted by molar-refractivity contribution is 5.67. The predicted octanol–water partition coefficient (Wildman–Crippen LogP) is 4.67. The number of amides is 2. The Morgan fingerprint density at radius 1 is 1.07 bits per heavy atom. The largest absolute Gasteiger partial charge is 0.508 e. The molecule has 0 radical (unpaired) electrons. The first-order chi connectivity index (χ1) is 14.2. The van der Waals surface area contributed by atoms with E-state index in [0.717, 1.165) is 24.8 Å². The third-order valence-electron chi connectivity index (χ3n) is 3.15. The smallest absolute Gasteiger partial charge is 0.407 e. The number of aromatic hydroxyl groups is 1. The van der Waals surface area contributed by atoms with E-state index in [-0.39, 0.29) is 18.4 Å². The van der Waals surface area contributed by atoms with Crippen molar-refractivity contribution in [1.82, 2.24) is 10.6 Å². The van der Waals surface area contributed by atoms with Crippen LogP contribution in [-0.4, -0.2) is 41.4 Å². The average molecular weight is 429 g/mol. The minimum absolute atomic E-state index is 0.104. The topological polar surface area (TPSA) is 108 Å². The molecule has 0 spiro atoms. The van der Waals surface area contributed by atoms with E-state index in [0.29, 0.717) is 25.1 Å². The van der Waals surface area contributed by atoms with E-state index in [9.17, 15) is 9.59 Å². The number of benzene rings is 1. The van der Waals surface area contributed by atoms with Crippen molar-refractivity contribution in [2.24, 2.45) is 0 Å². The Morgan fingerprint density at radius 3 is 2.10 bits per heavy atom. The molecule has 0 fully saturated rings. The van der Waals surface area contributed by atoms with Gasteiger partial charge >= 0.3 is 6.09 Å². The van der Waals surface area contributed by atoms with Gasteiger partial charge in [0.05, 0.1) is 6.61 Å². The molecule has 1 rings (SSSR count). The zero-order chi connectivity index (χ0) is 24.0. The highest BCUT2D eigenvalue weighted by Gasteiger charge is 2.15. The van der Waals surface area contributed by atoms with E-state index in [4.69, 9.17) is 14.9 Å². The fourth-order valence-electron chi connectivity index (χ4n) is 1.93. The number of unbranched alkanes of at least 4 members (excludes halogenated alkanes) is 2. The third kappa shape index (κ3) is 22.0. The van der Waals surface area contributed by atoms with Crippen LogP contribution in [0.25, 0.3) is 0 Å². The number of nitrogens with one attached hydrogen (secondary N) is 2. The van der Waals surface area contributed by atoms with Crippen molar-refractivity contribution >= 4 is 12.5 Å². The summed E-state index contributed by atoms with van der Waals surface area (Å²) in [6.07, 6.45) is 3.10. The molecular formula is C23H44N2O5. The van der Waals surface area contributed by atoms with Gasteiger partial charge < -0.3 is 25.6 Å². The SMILES string of the molecule is CC.CC.CC(C)(C)OC(=O)NCCCCCNC=O.Cc1ccc(O)c(CO)c1. The Hall–Kier alpha value is -2.28. The van der Waals surface area contributed by atoms with Crippen molar-refractivity contribution in [3.63, 3.8) is 0 Å². The highest BCUT2D eigenvalue weighted by Crippen LogP contribution is 2.17. The van der Waals surface area contributed by atoms with Gasteiger partial charge in [-0.1, -0.05) is 45.4 Å². The Bertz CT molecular complexity index is 543. The van der Waals surface area contributed by atoms with Crippen molar-refractivity contribution in [2.75, 3.05) is 13.1 Å². The quantitative estimate of drug-likeness (QED) is 0.355. The van der Waals surface area contributed by atoms with E-state index in [1.807, 2.05) is 55.4 Å². The first kappa shape index (κ1) is 32.4. The molecule has 0 saturated heterocycles. The number of rotatable bonds is 8. The molecule has 0 heterocycles. The lowest BCUT2D eigenvalue weighted by atomic mass is 10.1. The number of aliphatic hydroxyl groups is 1. The Kier molecular flexibility index (Phi) is 23.1. The van der Waals surface area contributed by atoms with Gasteiger partial charge in [-0.3, -0.25) is 4.79 Å². The van der Waals surface area contributed by atoms with Gasteiger partial charge in [0.25, 0.3) is 0 Å². The molecule has 0 aromatic heterocycles. The predicted molar refractivity (Wildman–Crippen MR) is 124 cm³/mol. The van der Waals surface area contributed by atoms with Crippen LogP contribution in [0.15, 0.2) is 18.2 Å². The molecule has 7 nitrogen and oxygen atoms in total. The fourth-order valence-corrected chi connectivity index (χ4v) is 1.93. The number of alkyl carbamates (subject to hydrolysis) is 1. The molecule has 4 N–H and O–H groups in total. The molecule has 0 aliphatic carbocycles. The van der Waals surface area contributed by atoms with Crippen LogP contribution in [0.2, 0.25) is 0 Å². The number of phenols is 1. The molecule has 2 amide bonds. The molecule has 176 valence electrons. The van der Waals surface area contributed by atoms with E-state index in [1.54, 1.807) is 18.2 Å². The van der Waals surface area contributed by atoms with Crippen molar-refractivity contribution in [2.45, 2.75) is 86.9 Å². The van der Waals surface area contributed by atoms with Gasteiger partial charge in [-0.05, 0) is 53.0 Å². The summed E-state index contributed by atoms with van der Waals surface area (Å²) in [5, 5.41) is 23.0. The van der Waals surface area contributed by atoms with Crippen LogP contribution in [0, 0.1) is 6.92 Å².